The van der Waals surface area contributed by atoms with Crippen LogP contribution in [0.1, 0.15) is 45.4 Å². The Labute approximate surface area is 125 Å². The molecule has 0 bridgehead atoms. The first-order valence-electron chi connectivity index (χ1n) is 7.39. The third-order valence-electron chi connectivity index (χ3n) is 3.82. The SMILES string of the molecule is CCN(C(=O)NC(CCSC)C(=O)O)C1CCCCC1. The summed E-state index contributed by atoms with van der Waals surface area (Å²) in [5, 5.41) is 11.8. The van der Waals surface area contributed by atoms with E-state index in [0.717, 1.165) is 31.4 Å². The third kappa shape index (κ3) is 5.23. The quantitative estimate of drug-likeness (QED) is 0.758. The van der Waals surface area contributed by atoms with E-state index in [2.05, 4.69) is 5.32 Å². The van der Waals surface area contributed by atoms with Gasteiger partial charge >= 0.3 is 12.0 Å². The van der Waals surface area contributed by atoms with Crippen LogP contribution in [0.15, 0.2) is 0 Å². The zero-order valence-electron chi connectivity index (χ0n) is 12.4. The summed E-state index contributed by atoms with van der Waals surface area (Å²) in [5.41, 5.74) is 0. The van der Waals surface area contributed by atoms with Gasteiger partial charge in [0.1, 0.15) is 6.04 Å². The molecule has 1 aliphatic rings. The number of carbonyl (C=O) groups excluding carboxylic acids is 1. The number of hydrogen-bond acceptors (Lipinski definition) is 3. The highest BCUT2D eigenvalue weighted by molar-refractivity contribution is 7.98. The highest BCUT2D eigenvalue weighted by Crippen LogP contribution is 2.22. The van der Waals surface area contributed by atoms with E-state index in [1.54, 1.807) is 16.7 Å². The number of carboxylic acid groups (broad SMARTS) is 1. The smallest absolute Gasteiger partial charge is 0.326 e. The Bertz CT molecular complexity index is 320. The Morgan fingerprint density at radius 1 is 1.35 bits per heavy atom. The summed E-state index contributed by atoms with van der Waals surface area (Å²) in [6.45, 7) is 2.58. The fraction of sp³-hybridized carbons (Fsp3) is 0.857. The minimum absolute atomic E-state index is 0.229. The van der Waals surface area contributed by atoms with E-state index in [-0.39, 0.29) is 12.1 Å². The van der Waals surface area contributed by atoms with Crippen molar-refractivity contribution in [3.8, 4) is 0 Å². The molecule has 6 heteroatoms. The number of nitrogens with one attached hydrogen (secondary N) is 1. The fourth-order valence-electron chi connectivity index (χ4n) is 2.69. The maximum absolute atomic E-state index is 12.3. The summed E-state index contributed by atoms with van der Waals surface area (Å²) in [6, 6.07) is -0.746. The summed E-state index contributed by atoms with van der Waals surface area (Å²) in [7, 11) is 0. The molecule has 1 fully saturated rings. The van der Waals surface area contributed by atoms with E-state index < -0.39 is 12.0 Å². The van der Waals surface area contributed by atoms with Crippen LogP contribution in [0.4, 0.5) is 4.79 Å². The van der Waals surface area contributed by atoms with Crippen LogP contribution in [0.2, 0.25) is 0 Å². The molecule has 0 radical (unpaired) electrons. The lowest BCUT2D eigenvalue weighted by atomic mass is 9.94. The lowest BCUT2D eigenvalue weighted by Crippen LogP contribution is -2.51. The van der Waals surface area contributed by atoms with Crippen molar-refractivity contribution in [1.29, 1.82) is 0 Å². The molecule has 0 aromatic heterocycles. The first-order chi connectivity index (χ1) is 9.60. The van der Waals surface area contributed by atoms with Gasteiger partial charge in [0.05, 0.1) is 0 Å². The van der Waals surface area contributed by atoms with E-state index in [0.29, 0.717) is 13.0 Å². The largest absolute Gasteiger partial charge is 0.480 e. The molecule has 1 aliphatic carbocycles. The first kappa shape index (κ1) is 17.1. The Hall–Kier alpha value is -0.910. The molecular formula is C14H26N2O3S. The summed E-state index contributed by atoms with van der Waals surface area (Å²) in [4.78, 5) is 25.3. The van der Waals surface area contributed by atoms with Crippen molar-refractivity contribution in [2.45, 2.75) is 57.5 Å². The molecule has 0 saturated heterocycles. The molecule has 0 aromatic rings. The van der Waals surface area contributed by atoms with Crippen molar-refractivity contribution in [3.63, 3.8) is 0 Å². The van der Waals surface area contributed by atoms with Crippen LogP contribution in [0.5, 0.6) is 0 Å². The van der Waals surface area contributed by atoms with Crippen molar-refractivity contribution >= 4 is 23.8 Å². The molecule has 116 valence electrons. The van der Waals surface area contributed by atoms with Crippen LogP contribution in [-0.2, 0) is 4.79 Å². The maximum atomic E-state index is 12.3. The molecule has 1 rings (SSSR count). The Balaban J connectivity index is 2.57. The van der Waals surface area contributed by atoms with Crippen molar-refractivity contribution < 1.29 is 14.7 Å². The molecule has 5 nitrogen and oxygen atoms in total. The normalized spacial score (nSPS) is 17.5. The van der Waals surface area contributed by atoms with Crippen molar-refractivity contribution in [2.75, 3.05) is 18.6 Å². The van der Waals surface area contributed by atoms with Gasteiger partial charge in [-0.2, -0.15) is 11.8 Å². The Kier molecular flexibility index (Phi) is 7.80. The average Bonchev–Trinajstić information content (AvgIpc) is 2.45. The third-order valence-corrected chi connectivity index (χ3v) is 4.47. The van der Waals surface area contributed by atoms with Crippen molar-refractivity contribution in [3.05, 3.63) is 0 Å². The number of aliphatic carboxylic acids is 1. The molecule has 0 aromatic carbocycles. The second-order valence-corrected chi connectivity index (χ2v) is 6.19. The van der Waals surface area contributed by atoms with Crippen LogP contribution >= 0.6 is 11.8 Å². The number of thioether (sulfide) groups is 1. The lowest BCUT2D eigenvalue weighted by molar-refractivity contribution is -0.139. The van der Waals surface area contributed by atoms with Gasteiger partial charge < -0.3 is 15.3 Å². The average molecular weight is 302 g/mol. The van der Waals surface area contributed by atoms with Gasteiger partial charge in [0.25, 0.3) is 0 Å². The van der Waals surface area contributed by atoms with Crippen molar-refractivity contribution in [1.82, 2.24) is 10.2 Å². The molecule has 1 atom stereocenters. The highest BCUT2D eigenvalue weighted by Gasteiger charge is 2.27. The summed E-state index contributed by atoms with van der Waals surface area (Å²) in [6.07, 6.45) is 8.01. The monoisotopic (exact) mass is 302 g/mol. The predicted octanol–water partition coefficient (Wildman–Crippen LogP) is 2.56. The van der Waals surface area contributed by atoms with Crippen LogP contribution in [0, 0.1) is 0 Å². The molecular weight excluding hydrogens is 276 g/mol. The van der Waals surface area contributed by atoms with Gasteiger partial charge in [0.2, 0.25) is 0 Å². The molecule has 2 amide bonds. The fourth-order valence-corrected chi connectivity index (χ4v) is 3.16. The minimum Gasteiger partial charge on any atom is -0.480 e. The minimum atomic E-state index is -0.952. The molecule has 0 spiro atoms. The van der Waals surface area contributed by atoms with E-state index in [1.165, 1.54) is 6.42 Å². The Morgan fingerprint density at radius 2 is 2.00 bits per heavy atom. The number of nitrogens with zero attached hydrogens (tertiary/aromatic N) is 1. The highest BCUT2D eigenvalue weighted by atomic mass is 32.2. The molecule has 0 aliphatic heterocycles. The van der Waals surface area contributed by atoms with E-state index in [1.807, 2.05) is 13.2 Å². The zero-order chi connectivity index (χ0) is 15.0. The number of rotatable bonds is 7. The number of carboxylic acids is 1. The topological polar surface area (TPSA) is 69.6 Å². The summed E-state index contributed by atoms with van der Waals surface area (Å²) >= 11 is 1.59. The summed E-state index contributed by atoms with van der Waals surface area (Å²) in [5.74, 6) is -0.223. The van der Waals surface area contributed by atoms with Gasteiger partial charge in [-0.1, -0.05) is 19.3 Å². The molecule has 2 N–H and O–H groups in total. The van der Waals surface area contributed by atoms with Crippen LogP contribution < -0.4 is 5.32 Å². The van der Waals surface area contributed by atoms with Gasteiger partial charge in [-0.05, 0) is 38.2 Å². The lowest BCUT2D eigenvalue weighted by Gasteiger charge is -2.34. The molecule has 0 heterocycles. The maximum Gasteiger partial charge on any atom is 0.326 e. The summed E-state index contributed by atoms with van der Waals surface area (Å²) < 4.78 is 0. The van der Waals surface area contributed by atoms with Gasteiger partial charge in [0.15, 0.2) is 0 Å². The van der Waals surface area contributed by atoms with Gasteiger partial charge in [-0.25, -0.2) is 9.59 Å². The molecule has 1 unspecified atom stereocenters. The molecule has 1 saturated carbocycles. The second-order valence-electron chi connectivity index (χ2n) is 5.20. The van der Waals surface area contributed by atoms with Gasteiger partial charge in [0, 0.05) is 12.6 Å². The van der Waals surface area contributed by atoms with Crippen LogP contribution in [0.25, 0.3) is 0 Å². The Morgan fingerprint density at radius 3 is 2.50 bits per heavy atom. The van der Waals surface area contributed by atoms with Crippen LogP contribution in [-0.4, -0.2) is 52.6 Å². The van der Waals surface area contributed by atoms with E-state index >= 15 is 0 Å². The van der Waals surface area contributed by atoms with Crippen LogP contribution in [0.3, 0.4) is 0 Å². The van der Waals surface area contributed by atoms with Gasteiger partial charge in [-0.15, -0.1) is 0 Å². The number of carbonyl (C=O) groups is 2. The standard InChI is InChI=1S/C14H26N2O3S/c1-3-16(11-7-5-4-6-8-11)14(19)15-12(13(17)18)9-10-20-2/h11-12H,3-10H2,1-2H3,(H,15,19)(H,17,18). The predicted molar refractivity (Wildman–Crippen MR) is 82.2 cm³/mol. The number of urea groups is 1. The van der Waals surface area contributed by atoms with Gasteiger partial charge in [-0.3, -0.25) is 0 Å². The second kappa shape index (κ2) is 9.10. The molecule has 20 heavy (non-hydrogen) atoms. The van der Waals surface area contributed by atoms with E-state index in [9.17, 15) is 14.7 Å². The van der Waals surface area contributed by atoms with E-state index in [4.69, 9.17) is 0 Å². The first-order valence-corrected chi connectivity index (χ1v) is 8.78. The number of amides is 2. The van der Waals surface area contributed by atoms with Crippen molar-refractivity contribution in [2.24, 2.45) is 0 Å². The zero-order valence-corrected chi connectivity index (χ0v) is 13.2. The number of hydrogen-bond donors (Lipinski definition) is 2.